The summed E-state index contributed by atoms with van der Waals surface area (Å²) in [6, 6.07) is 1.63. The molecule has 1 rings (SSSR count). The molecule has 0 atom stereocenters. The smallest absolute Gasteiger partial charge is 0.147 e. The second-order valence-corrected chi connectivity index (χ2v) is 3.72. The second-order valence-electron chi connectivity index (χ2n) is 2.90. The van der Waals surface area contributed by atoms with Gasteiger partial charge in [0, 0.05) is 20.2 Å². The monoisotopic (exact) mass is 249 g/mol. The van der Waals surface area contributed by atoms with Crippen molar-refractivity contribution in [1.29, 1.82) is 0 Å². The zero-order valence-corrected chi connectivity index (χ0v) is 9.86. The maximum atomic E-state index is 8.63. The Morgan fingerprint density at radius 1 is 1.33 bits per heavy atom. The van der Waals surface area contributed by atoms with Crippen LogP contribution in [0, 0.1) is 0 Å². The van der Waals surface area contributed by atoms with E-state index in [1.54, 1.807) is 13.1 Å². The zero-order chi connectivity index (χ0) is 11.3. The molecule has 1 aromatic rings. The molecule has 0 aliphatic heterocycles. The summed E-state index contributed by atoms with van der Waals surface area (Å²) in [4.78, 5) is 4.19. The van der Waals surface area contributed by atoms with Gasteiger partial charge >= 0.3 is 0 Å². The standard InChI is InChI=1S/C9H13Cl2N3O/c1-12-8-6(10)5-7(11)9(14-8)13-3-2-4-15/h5,15H,2-4H2,1H3,(H2,12,13,14). The molecule has 84 valence electrons. The lowest BCUT2D eigenvalue weighted by Crippen LogP contribution is -2.07. The van der Waals surface area contributed by atoms with Gasteiger partial charge in [0.25, 0.3) is 0 Å². The molecule has 1 aromatic heterocycles. The number of nitrogens with zero attached hydrogens (tertiary/aromatic N) is 1. The topological polar surface area (TPSA) is 57.2 Å². The van der Waals surface area contributed by atoms with Gasteiger partial charge in [-0.1, -0.05) is 23.2 Å². The SMILES string of the molecule is CNc1nc(NCCCO)c(Cl)cc1Cl. The zero-order valence-electron chi connectivity index (χ0n) is 8.35. The van der Waals surface area contributed by atoms with E-state index < -0.39 is 0 Å². The molecular formula is C9H13Cl2N3O. The molecule has 0 fully saturated rings. The Labute approximate surface area is 98.6 Å². The third-order valence-electron chi connectivity index (χ3n) is 1.79. The summed E-state index contributed by atoms with van der Waals surface area (Å²) in [6.45, 7) is 0.755. The normalized spacial score (nSPS) is 10.1. The Hall–Kier alpha value is -0.710. The summed E-state index contributed by atoms with van der Waals surface area (Å²) in [5.74, 6) is 1.14. The highest BCUT2D eigenvalue weighted by Gasteiger charge is 2.07. The molecular weight excluding hydrogens is 237 g/mol. The lowest BCUT2D eigenvalue weighted by atomic mass is 10.4. The van der Waals surface area contributed by atoms with Gasteiger partial charge in [-0.05, 0) is 12.5 Å². The van der Waals surface area contributed by atoms with E-state index in [0.717, 1.165) is 0 Å². The van der Waals surface area contributed by atoms with E-state index in [-0.39, 0.29) is 6.61 Å². The molecule has 0 saturated carbocycles. The molecule has 4 nitrogen and oxygen atoms in total. The van der Waals surface area contributed by atoms with Gasteiger partial charge in [0.05, 0.1) is 10.0 Å². The number of halogens is 2. The average Bonchev–Trinajstić information content (AvgIpc) is 2.21. The van der Waals surface area contributed by atoms with Crippen molar-refractivity contribution in [3.05, 3.63) is 16.1 Å². The van der Waals surface area contributed by atoms with Gasteiger partial charge in [0.1, 0.15) is 11.6 Å². The molecule has 0 spiro atoms. The number of aliphatic hydroxyl groups excluding tert-OH is 1. The first kappa shape index (κ1) is 12.4. The fourth-order valence-electron chi connectivity index (χ4n) is 1.05. The van der Waals surface area contributed by atoms with Crippen LogP contribution in [0.25, 0.3) is 0 Å². The van der Waals surface area contributed by atoms with Crippen molar-refractivity contribution < 1.29 is 5.11 Å². The third kappa shape index (κ3) is 3.41. The lowest BCUT2D eigenvalue weighted by Gasteiger charge is -2.10. The van der Waals surface area contributed by atoms with Crippen LogP contribution in [-0.2, 0) is 0 Å². The molecule has 1 heterocycles. The van der Waals surface area contributed by atoms with Gasteiger partial charge in [-0.2, -0.15) is 0 Å². The van der Waals surface area contributed by atoms with E-state index in [1.807, 2.05) is 0 Å². The molecule has 0 aromatic carbocycles. The maximum absolute atomic E-state index is 8.63. The van der Waals surface area contributed by atoms with Crippen molar-refractivity contribution in [2.45, 2.75) is 6.42 Å². The number of aromatic nitrogens is 1. The van der Waals surface area contributed by atoms with Gasteiger partial charge in [0.2, 0.25) is 0 Å². The predicted octanol–water partition coefficient (Wildman–Crippen LogP) is 2.22. The Balaban J connectivity index is 2.78. The molecule has 0 radical (unpaired) electrons. The fraction of sp³-hybridized carbons (Fsp3) is 0.444. The predicted molar refractivity (Wildman–Crippen MR) is 64.0 cm³/mol. The summed E-state index contributed by atoms with van der Waals surface area (Å²) >= 11 is 11.8. The number of hydrogen-bond acceptors (Lipinski definition) is 4. The molecule has 15 heavy (non-hydrogen) atoms. The molecule has 3 N–H and O–H groups in total. The van der Waals surface area contributed by atoms with Crippen LogP contribution in [0.15, 0.2) is 6.07 Å². The van der Waals surface area contributed by atoms with E-state index in [0.29, 0.717) is 34.6 Å². The van der Waals surface area contributed by atoms with Gasteiger partial charge in [-0.15, -0.1) is 0 Å². The van der Waals surface area contributed by atoms with Crippen molar-refractivity contribution in [2.24, 2.45) is 0 Å². The van der Waals surface area contributed by atoms with Crippen molar-refractivity contribution in [1.82, 2.24) is 4.98 Å². The summed E-state index contributed by atoms with van der Waals surface area (Å²) in [5.41, 5.74) is 0. The van der Waals surface area contributed by atoms with Crippen LogP contribution in [0.5, 0.6) is 0 Å². The van der Waals surface area contributed by atoms with Crippen molar-refractivity contribution in [2.75, 3.05) is 30.8 Å². The second kappa shape index (κ2) is 6.00. The van der Waals surface area contributed by atoms with E-state index in [2.05, 4.69) is 15.6 Å². The number of aliphatic hydroxyl groups is 1. The van der Waals surface area contributed by atoms with Crippen LogP contribution in [0.4, 0.5) is 11.6 Å². The molecule has 0 unspecified atom stereocenters. The van der Waals surface area contributed by atoms with Crippen molar-refractivity contribution in [3.63, 3.8) is 0 Å². The number of nitrogens with one attached hydrogen (secondary N) is 2. The van der Waals surface area contributed by atoms with Crippen LogP contribution in [-0.4, -0.2) is 30.3 Å². The van der Waals surface area contributed by atoms with E-state index in [1.165, 1.54) is 0 Å². The minimum atomic E-state index is 0.136. The molecule has 0 amide bonds. The fourth-order valence-corrected chi connectivity index (χ4v) is 1.57. The van der Waals surface area contributed by atoms with Gasteiger partial charge in [0.15, 0.2) is 0 Å². The van der Waals surface area contributed by atoms with Gasteiger partial charge in [-0.25, -0.2) is 4.98 Å². The lowest BCUT2D eigenvalue weighted by molar-refractivity contribution is 0.292. The van der Waals surface area contributed by atoms with Crippen LogP contribution in [0.2, 0.25) is 10.0 Å². The van der Waals surface area contributed by atoms with Crippen LogP contribution < -0.4 is 10.6 Å². The number of anilines is 2. The Bertz CT molecular complexity index is 333. The molecule has 6 heteroatoms. The highest BCUT2D eigenvalue weighted by Crippen LogP contribution is 2.28. The molecule has 0 saturated heterocycles. The summed E-state index contributed by atoms with van der Waals surface area (Å²) in [6.07, 6.45) is 0.648. The average molecular weight is 250 g/mol. The first-order valence-electron chi connectivity index (χ1n) is 4.57. The maximum Gasteiger partial charge on any atom is 0.147 e. The highest BCUT2D eigenvalue weighted by atomic mass is 35.5. The minimum Gasteiger partial charge on any atom is -0.396 e. The van der Waals surface area contributed by atoms with Gasteiger partial charge in [-0.3, -0.25) is 0 Å². The minimum absolute atomic E-state index is 0.136. The summed E-state index contributed by atoms with van der Waals surface area (Å²) in [7, 11) is 1.74. The largest absolute Gasteiger partial charge is 0.396 e. The Morgan fingerprint density at radius 3 is 2.60 bits per heavy atom. The van der Waals surface area contributed by atoms with E-state index in [9.17, 15) is 0 Å². The molecule has 0 bridgehead atoms. The van der Waals surface area contributed by atoms with Crippen LogP contribution in [0.1, 0.15) is 6.42 Å². The molecule has 0 aliphatic rings. The quantitative estimate of drug-likeness (QED) is 0.701. The van der Waals surface area contributed by atoms with Crippen LogP contribution >= 0.6 is 23.2 Å². The summed E-state index contributed by atoms with van der Waals surface area (Å²) in [5, 5.41) is 15.5. The number of hydrogen-bond donors (Lipinski definition) is 3. The van der Waals surface area contributed by atoms with Crippen molar-refractivity contribution >= 4 is 34.8 Å². The Morgan fingerprint density at radius 2 is 2.00 bits per heavy atom. The number of pyridine rings is 1. The third-order valence-corrected chi connectivity index (χ3v) is 2.37. The van der Waals surface area contributed by atoms with Crippen molar-refractivity contribution in [3.8, 4) is 0 Å². The highest BCUT2D eigenvalue weighted by molar-refractivity contribution is 6.37. The summed E-state index contributed by atoms with van der Waals surface area (Å²) < 4.78 is 0. The van der Waals surface area contributed by atoms with E-state index in [4.69, 9.17) is 28.3 Å². The number of rotatable bonds is 5. The molecule has 0 aliphatic carbocycles. The van der Waals surface area contributed by atoms with Gasteiger partial charge < -0.3 is 15.7 Å². The first-order valence-corrected chi connectivity index (χ1v) is 5.33. The first-order chi connectivity index (χ1) is 7.19. The van der Waals surface area contributed by atoms with Crippen LogP contribution in [0.3, 0.4) is 0 Å². The van der Waals surface area contributed by atoms with E-state index >= 15 is 0 Å². The Kier molecular flexibility index (Phi) is 4.94.